The molecule has 0 saturated carbocycles. The summed E-state index contributed by atoms with van der Waals surface area (Å²) >= 11 is 2.09. The van der Waals surface area contributed by atoms with Crippen molar-refractivity contribution >= 4 is 11.8 Å². The number of hydrogen-bond acceptors (Lipinski definition) is 3. The highest BCUT2D eigenvalue weighted by Crippen LogP contribution is 2.39. The molecule has 0 radical (unpaired) electrons. The lowest BCUT2D eigenvalue weighted by molar-refractivity contribution is 0.397. The Bertz CT molecular complexity index is 388. The van der Waals surface area contributed by atoms with E-state index >= 15 is 0 Å². The van der Waals surface area contributed by atoms with Gasteiger partial charge in [-0.15, -0.1) is 0 Å². The molecule has 2 nitrogen and oxygen atoms in total. The fraction of sp³-hybridized carbons (Fsp3) is 0.600. The van der Waals surface area contributed by atoms with E-state index in [9.17, 15) is 0 Å². The van der Waals surface area contributed by atoms with Crippen LogP contribution in [0.3, 0.4) is 0 Å². The molecule has 18 heavy (non-hydrogen) atoms. The maximum Gasteiger partial charge on any atom is 0.123 e. The molecule has 1 heterocycles. The van der Waals surface area contributed by atoms with Gasteiger partial charge in [0.15, 0.2) is 0 Å². The van der Waals surface area contributed by atoms with Crippen LogP contribution in [0.25, 0.3) is 0 Å². The zero-order valence-electron chi connectivity index (χ0n) is 11.5. The summed E-state index contributed by atoms with van der Waals surface area (Å²) in [6.45, 7) is 5.32. The Morgan fingerprint density at radius 1 is 1.50 bits per heavy atom. The predicted octanol–water partition coefficient (Wildman–Crippen LogP) is 3.55. The average Bonchev–Trinajstić information content (AvgIpc) is 2.89. The summed E-state index contributed by atoms with van der Waals surface area (Å²) < 4.78 is 5.54. The SMILES string of the molecule is CCNC(c1cc(C)ccc1OC)C1CCCS1. The van der Waals surface area contributed by atoms with E-state index in [0.29, 0.717) is 11.3 Å². The third-order valence-electron chi connectivity index (χ3n) is 3.48. The van der Waals surface area contributed by atoms with Gasteiger partial charge in [-0.1, -0.05) is 24.6 Å². The van der Waals surface area contributed by atoms with E-state index in [1.54, 1.807) is 7.11 Å². The first-order valence-corrected chi connectivity index (χ1v) is 7.80. The summed E-state index contributed by atoms with van der Waals surface area (Å²) in [6.07, 6.45) is 2.64. The van der Waals surface area contributed by atoms with Gasteiger partial charge in [-0.2, -0.15) is 11.8 Å². The molecule has 1 saturated heterocycles. The monoisotopic (exact) mass is 265 g/mol. The molecule has 1 aromatic carbocycles. The Morgan fingerprint density at radius 3 is 2.94 bits per heavy atom. The van der Waals surface area contributed by atoms with Crippen molar-refractivity contribution in [1.82, 2.24) is 5.32 Å². The molecule has 2 rings (SSSR count). The van der Waals surface area contributed by atoms with Crippen molar-refractivity contribution in [2.24, 2.45) is 0 Å². The Morgan fingerprint density at radius 2 is 2.33 bits per heavy atom. The van der Waals surface area contributed by atoms with Crippen LogP contribution in [0.1, 0.15) is 36.9 Å². The largest absolute Gasteiger partial charge is 0.496 e. The van der Waals surface area contributed by atoms with E-state index in [1.807, 2.05) is 0 Å². The number of thioether (sulfide) groups is 1. The molecular formula is C15H23NOS. The molecule has 3 heteroatoms. The quantitative estimate of drug-likeness (QED) is 0.879. The number of rotatable bonds is 5. The van der Waals surface area contributed by atoms with Crippen LogP contribution in [-0.4, -0.2) is 24.7 Å². The van der Waals surface area contributed by atoms with Crippen LogP contribution in [-0.2, 0) is 0 Å². The van der Waals surface area contributed by atoms with E-state index < -0.39 is 0 Å². The molecule has 100 valence electrons. The van der Waals surface area contributed by atoms with Crippen LogP contribution < -0.4 is 10.1 Å². The van der Waals surface area contributed by atoms with Gasteiger partial charge in [0.1, 0.15) is 5.75 Å². The standard InChI is InChI=1S/C15H23NOS/c1-4-16-15(14-6-5-9-18-14)12-10-11(2)7-8-13(12)17-3/h7-8,10,14-16H,4-6,9H2,1-3H3. The van der Waals surface area contributed by atoms with Crippen molar-refractivity contribution in [3.8, 4) is 5.75 Å². The van der Waals surface area contributed by atoms with E-state index in [-0.39, 0.29) is 0 Å². The van der Waals surface area contributed by atoms with Gasteiger partial charge in [0.2, 0.25) is 0 Å². The third-order valence-corrected chi connectivity index (χ3v) is 4.94. The lowest BCUT2D eigenvalue weighted by Gasteiger charge is -2.26. The van der Waals surface area contributed by atoms with E-state index in [0.717, 1.165) is 12.3 Å². The van der Waals surface area contributed by atoms with E-state index in [1.165, 1.54) is 29.7 Å². The highest BCUT2D eigenvalue weighted by atomic mass is 32.2. The van der Waals surface area contributed by atoms with Crippen molar-refractivity contribution in [1.29, 1.82) is 0 Å². The van der Waals surface area contributed by atoms with Crippen LogP contribution >= 0.6 is 11.8 Å². The van der Waals surface area contributed by atoms with Gasteiger partial charge in [0.25, 0.3) is 0 Å². The minimum absolute atomic E-state index is 0.414. The summed E-state index contributed by atoms with van der Waals surface area (Å²) in [6, 6.07) is 6.89. The number of ether oxygens (including phenoxy) is 1. The van der Waals surface area contributed by atoms with E-state index in [2.05, 4.69) is 49.1 Å². The van der Waals surface area contributed by atoms with Gasteiger partial charge in [0, 0.05) is 16.9 Å². The number of aryl methyl sites for hydroxylation is 1. The molecule has 0 amide bonds. The van der Waals surface area contributed by atoms with Crippen LogP contribution in [0.5, 0.6) is 5.75 Å². The lowest BCUT2D eigenvalue weighted by atomic mass is 9.98. The second kappa shape index (κ2) is 6.48. The van der Waals surface area contributed by atoms with Crippen LogP contribution in [0.15, 0.2) is 18.2 Å². The van der Waals surface area contributed by atoms with Crippen molar-refractivity contribution in [3.63, 3.8) is 0 Å². The molecular weight excluding hydrogens is 242 g/mol. The molecule has 1 N–H and O–H groups in total. The second-order valence-corrected chi connectivity index (χ2v) is 6.18. The summed E-state index contributed by atoms with van der Waals surface area (Å²) in [7, 11) is 1.76. The minimum Gasteiger partial charge on any atom is -0.496 e. The maximum absolute atomic E-state index is 5.54. The van der Waals surface area contributed by atoms with Gasteiger partial charge in [-0.25, -0.2) is 0 Å². The van der Waals surface area contributed by atoms with Crippen molar-refractivity contribution in [3.05, 3.63) is 29.3 Å². The predicted molar refractivity (Wildman–Crippen MR) is 79.6 cm³/mol. The molecule has 1 aromatic rings. The van der Waals surface area contributed by atoms with Crippen LogP contribution in [0.2, 0.25) is 0 Å². The van der Waals surface area contributed by atoms with Gasteiger partial charge in [-0.05, 0) is 38.1 Å². The molecule has 1 aliphatic rings. The summed E-state index contributed by atoms with van der Waals surface area (Å²) in [4.78, 5) is 0. The van der Waals surface area contributed by atoms with Gasteiger partial charge < -0.3 is 10.1 Å². The van der Waals surface area contributed by atoms with Crippen LogP contribution in [0, 0.1) is 6.92 Å². The minimum atomic E-state index is 0.414. The maximum atomic E-state index is 5.54. The number of nitrogens with one attached hydrogen (secondary N) is 1. The fourth-order valence-corrected chi connectivity index (χ4v) is 4.03. The van der Waals surface area contributed by atoms with E-state index in [4.69, 9.17) is 4.74 Å². The Balaban J connectivity index is 2.31. The Labute approximate surface area is 114 Å². The number of benzene rings is 1. The lowest BCUT2D eigenvalue weighted by Crippen LogP contribution is -2.29. The van der Waals surface area contributed by atoms with Crippen molar-refractivity contribution in [2.45, 2.75) is 38.0 Å². The molecule has 0 bridgehead atoms. The molecule has 0 aromatic heterocycles. The smallest absolute Gasteiger partial charge is 0.123 e. The Hall–Kier alpha value is -0.670. The number of hydrogen-bond donors (Lipinski definition) is 1. The Kier molecular flexibility index (Phi) is 4.95. The molecule has 1 fully saturated rings. The third kappa shape index (κ3) is 3.01. The van der Waals surface area contributed by atoms with Crippen molar-refractivity contribution < 1.29 is 4.74 Å². The van der Waals surface area contributed by atoms with Crippen LogP contribution in [0.4, 0.5) is 0 Å². The topological polar surface area (TPSA) is 21.3 Å². The summed E-state index contributed by atoms with van der Waals surface area (Å²) in [5.74, 6) is 2.31. The normalized spacial score (nSPS) is 20.9. The summed E-state index contributed by atoms with van der Waals surface area (Å²) in [5.41, 5.74) is 2.62. The van der Waals surface area contributed by atoms with Gasteiger partial charge in [-0.3, -0.25) is 0 Å². The molecule has 0 aliphatic carbocycles. The fourth-order valence-electron chi connectivity index (χ4n) is 2.62. The molecule has 1 aliphatic heterocycles. The van der Waals surface area contributed by atoms with Gasteiger partial charge >= 0.3 is 0 Å². The first-order valence-electron chi connectivity index (χ1n) is 6.75. The average molecular weight is 265 g/mol. The molecule has 2 atom stereocenters. The highest BCUT2D eigenvalue weighted by molar-refractivity contribution is 8.00. The zero-order valence-corrected chi connectivity index (χ0v) is 12.3. The highest BCUT2D eigenvalue weighted by Gasteiger charge is 2.28. The molecule has 2 unspecified atom stereocenters. The first kappa shape index (κ1) is 13.8. The molecule has 0 spiro atoms. The van der Waals surface area contributed by atoms with Crippen molar-refractivity contribution in [2.75, 3.05) is 19.4 Å². The zero-order chi connectivity index (χ0) is 13.0. The second-order valence-electron chi connectivity index (χ2n) is 4.83. The van der Waals surface area contributed by atoms with Gasteiger partial charge in [0.05, 0.1) is 7.11 Å². The first-order chi connectivity index (χ1) is 8.76. The summed E-state index contributed by atoms with van der Waals surface area (Å²) in [5, 5.41) is 4.32. The number of methoxy groups -OCH3 is 1.